The molecule has 0 radical (unpaired) electrons. The Kier molecular flexibility index (Phi) is 5.60. The van der Waals surface area contributed by atoms with Gasteiger partial charge in [-0.2, -0.15) is 0 Å². The van der Waals surface area contributed by atoms with Crippen molar-refractivity contribution in [2.45, 2.75) is 45.3 Å². The fraction of sp³-hybridized carbons (Fsp3) is 0.846. The van der Waals surface area contributed by atoms with Gasteiger partial charge in [0.05, 0.1) is 32.8 Å². The van der Waals surface area contributed by atoms with Gasteiger partial charge in [-0.25, -0.2) is 4.79 Å². The predicted octanol–water partition coefficient (Wildman–Crippen LogP) is 1.58. The number of amides is 1. The second-order valence-corrected chi connectivity index (χ2v) is 5.53. The van der Waals surface area contributed by atoms with Gasteiger partial charge < -0.3 is 19.1 Å². The molecule has 1 aliphatic rings. The lowest BCUT2D eigenvalue weighted by Crippen LogP contribution is -2.36. The summed E-state index contributed by atoms with van der Waals surface area (Å²) >= 11 is 0. The van der Waals surface area contributed by atoms with Gasteiger partial charge >= 0.3 is 12.1 Å². The Bertz CT molecular complexity index is 323. The SMILES string of the molecule is COC(=O)CCOC1CCN(C(=O)OC(C)(C)C)C1. The first-order valence-corrected chi connectivity index (χ1v) is 6.48. The molecule has 0 aromatic rings. The molecular formula is C13H23NO5. The Morgan fingerprint density at radius 2 is 2.00 bits per heavy atom. The molecule has 0 aromatic carbocycles. The van der Waals surface area contributed by atoms with Crippen molar-refractivity contribution in [3.63, 3.8) is 0 Å². The maximum Gasteiger partial charge on any atom is 0.410 e. The van der Waals surface area contributed by atoms with Crippen LogP contribution < -0.4 is 0 Å². The number of ether oxygens (including phenoxy) is 3. The van der Waals surface area contributed by atoms with E-state index in [1.165, 1.54) is 7.11 Å². The lowest BCUT2D eigenvalue weighted by Gasteiger charge is -2.24. The van der Waals surface area contributed by atoms with E-state index in [0.29, 0.717) is 19.7 Å². The van der Waals surface area contributed by atoms with Gasteiger partial charge in [-0.05, 0) is 27.2 Å². The van der Waals surface area contributed by atoms with Gasteiger partial charge in [0, 0.05) is 6.54 Å². The maximum absolute atomic E-state index is 11.8. The zero-order chi connectivity index (χ0) is 14.5. The number of methoxy groups -OCH3 is 1. The summed E-state index contributed by atoms with van der Waals surface area (Å²) in [6.07, 6.45) is 0.656. The number of hydrogen-bond donors (Lipinski definition) is 0. The summed E-state index contributed by atoms with van der Waals surface area (Å²) in [4.78, 5) is 24.4. The average Bonchev–Trinajstić information content (AvgIpc) is 2.75. The topological polar surface area (TPSA) is 65.1 Å². The minimum atomic E-state index is -0.485. The molecule has 1 saturated heterocycles. The van der Waals surface area contributed by atoms with Crippen LogP contribution in [0.25, 0.3) is 0 Å². The summed E-state index contributed by atoms with van der Waals surface area (Å²) in [7, 11) is 1.35. The lowest BCUT2D eigenvalue weighted by atomic mass is 10.2. The van der Waals surface area contributed by atoms with E-state index < -0.39 is 5.60 Å². The highest BCUT2D eigenvalue weighted by molar-refractivity contribution is 5.69. The van der Waals surface area contributed by atoms with E-state index in [0.717, 1.165) is 6.42 Å². The third-order valence-electron chi connectivity index (χ3n) is 2.68. The molecule has 1 rings (SSSR count). The summed E-state index contributed by atoms with van der Waals surface area (Å²) in [5, 5.41) is 0. The van der Waals surface area contributed by atoms with Gasteiger partial charge in [0.2, 0.25) is 0 Å². The lowest BCUT2D eigenvalue weighted by molar-refractivity contribution is -0.142. The molecule has 110 valence electrons. The van der Waals surface area contributed by atoms with Crippen molar-refractivity contribution in [3.05, 3.63) is 0 Å². The minimum absolute atomic E-state index is 0.0304. The Labute approximate surface area is 114 Å². The molecule has 1 heterocycles. The Hall–Kier alpha value is -1.30. The second kappa shape index (κ2) is 6.75. The molecule has 1 amide bonds. The number of nitrogens with zero attached hydrogens (tertiary/aromatic N) is 1. The van der Waals surface area contributed by atoms with Crippen LogP contribution in [-0.2, 0) is 19.0 Å². The van der Waals surface area contributed by atoms with Crippen LogP contribution in [0, 0.1) is 0 Å². The van der Waals surface area contributed by atoms with Gasteiger partial charge in [0.1, 0.15) is 5.60 Å². The highest BCUT2D eigenvalue weighted by Crippen LogP contribution is 2.17. The van der Waals surface area contributed by atoms with Crippen LogP contribution in [0.3, 0.4) is 0 Å². The molecule has 0 aromatic heterocycles. The molecule has 0 aliphatic carbocycles. The first-order chi connectivity index (χ1) is 8.81. The van der Waals surface area contributed by atoms with Crippen molar-refractivity contribution in [2.24, 2.45) is 0 Å². The minimum Gasteiger partial charge on any atom is -0.469 e. The predicted molar refractivity (Wildman–Crippen MR) is 68.8 cm³/mol. The van der Waals surface area contributed by atoms with E-state index in [-0.39, 0.29) is 24.6 Å². The number of esters is 1. The van der Waals surface area contributed by atoms with Crippen molar-refractivity contribution < 1.29 is 23.8 Å². The van der Waals surface area contributed by atoms with Gasteiger partial charge in [-0.1, -0.05) is 0 Å². The van der Waals surface area contributed by atoms with Crippen LogP contribution in [0.2, 0.25) is 0 Å². The molecule has 0 bridgehead atoms. The fourth-order valence-electron chi connectivity index (χ4n) is 1.77. The quantitative estimate of drug-likeness (QED) is 0.727. The Morgan fingerprint density at radius 3 is 2.58 bits per heavy atom. The maximum atomic E-state index is 11.8. The zero-order valence-corrected chi connectivity index (χ0v) is 12.1. The molecule has 6 nitrogen and oxygen atoms in total. The molecule has 0 N–H and O–H groups in total. The number of carbonyl (C=O) groups is 2. The van der Waals surface area contributed by atoms with Crippen molar-refractivity contribution in [1.82, 2.24) is 4.90 Å². The van der Waals surface area contributed by atoms with E-state index in [1.54, 1.807) is 4.90 Å². The van der Waals surface area contributed by atoms with Gasteiger partial charge in [-0.15, -0.1) is 0 Å². The smallest absolute Gasteiger partial charge is 0.410 e. The van der Waals surface area contributed by atoms with Gasteiger partial charge in [-0.3, -0.25) is 4.79 Å². The van der Waals surface area contributed by atoms with Crippen LogP contribution >= 0.6 is 0 Å². The fourth-order valence-corrected chi connectivity index (χ4v) is 1.77. The molecule has 6 heteroatoms. The van der Waals surface area contributed by atoms with E-state index in [4.69, 9.17) is 9.47 Å². The van der Waals surface area contributed by atoms with Crippen molar-refractivity contribution in [1.29, 1.82) is 0 Å². The number of likely N-dealkylation sites (tertiary alicyclic amines) is 1. The highest BCUT2D eigenvalue weighted by atomic mass is 16.6. The summed E-state index contributed by atoms with van der Waals surface area (Å²) in [6.45, 7) is 6.97. The first-order valence-electron chi connectivity index (χ1n) is 6.48. The summed E-state index contributed by atoms with van der Waals surface area (Å²) < 4.78 is 15.3. The van der Waals surface area contributed by atoms with Crippen molar-refractivity contribution in [2.75, 3.05) is 26.8 Å². The van der Waals surface area contributed by atoms with E-state index in [1.807, 2.05) is 20.8 Å². The van der Waals surface area contributed by atoms with Gasteiger partial charge in [0.25, 0.3) is 0 Å². The second-order valence-electron chi connectivity index (χ2n) is 5.53. The van der Waals surface area contributed by atoms with Gasteiger partial charge in [0.15, 0.2) is 0 Å². The molecular weight excluding hydrogens is 250 g/mol. The molecule has 0 spiro atoms. The Balaban J connectivity index is 2.26. The van der Waals surface area contributed by atoms with Crippen LogP contribution in [0.4, 0.5) is 4.79 Å². The van der Waals surface area contributed by atoms with Crippen molar-refractivity contribution >= 4 is 12.1 Å². The normalized spacial score (nSPS) is 19.4. The molecule has 19 heavy (non-hydrogen) atoms. The molecule has 1 atom stereocenters. The average molecular weight is 273 g/mol. The molecule has 1 fully saturated rings. The van der Waals surface area contributed by atoms with E-state index in [9.17, 15) is 9.59 Å². The molecule has 1 aliphatic heterocycles. The van der Waals surface area contributed by atoms with Crippen molar-refractivity contribution in [3.8, 4) is 0 Å². The number of rotatable bonds is 4. The molecule has 1 unspecified atom stereocenters. The summed E-state index contributed by atoms with van der Waals surface area (Å²) in [5.74, 6) is -0.290. The standard InChI is InChI=1S/C13H23NO5/c1-13(2,3)19-12(16)14-7-5-10(9-14)18-8-6-11(15)17-4/h10H,5-9H2,1-4H3. The zero-order valence-electron chi connectivity index (χ0n) is 12.1. The number of hydrogen-bond acceptors (Lipinski definition) is 5. The summed E-state index contributed by atoms with van der Waals surface area (Å²) in [5.41, 5.74) is -0.485. The van der Waals surface area contributed by atoms with E-state index in [2.05, 4.69) is 4.74 Å². The largest absolute Gasteiger partial charge is 0.469 e. The van der Waals surface area contributed by atoms with Crippen LogP contribution in [-0.4, -0.2) is 55.5 Å². The third-order valence-corrected chi connectivity index (χ3v) is 2.68. The Morgan fingerprint density at radius 1 is 1.32 bits per heavy atom. The highest BCUT2D eigenvalue weighted by Gasteiger charge is 2.30. The first kappa shape index (κ1) is 15.8. The van der Waals surface area contributed by atoms with Crippen LogP contribution in [0.5, 0.6) is 0 Å². The molecule has 0 saturated carbocycles. The number of carbonyl (C=O) groups excluding carboxylic acids is 2. The third kappa shape index (κ3) is 5.92. The monoisotopic (exact) mass is 273 g/mol. The van der Waals surface area contributed by atoms with Crippen LogP contribution in [0.1, 0.15) is 33.6 Å². The van der Waals surface area contributed by atoms with Crippen LogP contribution in [0.15, 0.2) is 0 Å². The summed E-state index contributed by atoms with van der Waals surface area (Å²) in [6, 6.07) is 0. The van der Waals surface area contributed by atoms with E-state index >= 15 is 0 Å².